The Morgan fingerprint density at radius 1 is 1.09 bits per heavy atom. The number of rotatable bonds is 6. The maximum atomic E-state index is 12.4. The molecule has 1 N–H and O–H groups in total. The summed E-state index contributed by atoms with van der Waals surface area (Å²) < 4.78 is 0. The lowest BCUT2D eigenvalue weighted by Gasteiger charge is -2.37. The van der Waals surface area contributed by atoms with E-state index < -0.39 is 4.92 Å². The lowest BCUT2D eigenvalue weighted by atomic mass is 10.0. The van der Waals surface area contributed by atoms with E-state index in [1.807, 2.05) is 25.7 Å². The van der Waals surface area contributed by atoms with Gasteiger partial charge in [-0.25, -0.2) is 14.8 Å². The molecule has 1 aliphatic heterocycles. The third-order valence-electron chi connectivity index (χ3n) is 5.53. The molecule has 32 heavy (non-hydrogen) atoms. The fourth-order valence-electron chi connectivity index (χ4n) is 3.73. The maximum absolute atomic E-state index is 12.4. The van der Waals surface area contributed by atoms with E-state index in [4.69, 9.17) is 9.97 Å². The van der Waals surface area contributed by atoms with Gasteiger partial charge in [0.05, 0.1) is 4.92 Å². The van der Waals surface area contributed by atoms with Crippen LogP contribution in [-0.4, -0.2) is 58.0 Å². The SMILES string of the molecule is Cc1nc(C(C)C)nc(N2CCN(C(=O)NC(C)C)CC2)c1Cc1ccc([N+](=O)[O-])cc1. The van der Waals surface area contributed by atoms with Gasteiger partial charge in [0.15, 0.2) is 0 Å². The predicted octanol–water partition coefficient (Wildman–Crippen LogP) is 3.65. The van der Waals surface area contributed by atoms with E-state index in [2.05, 4.69) is 24.1 Å². The van der Waals surface area contributed by atoms with Gasteiger partial charge >= 0.3 is 6.03 Å². The Hall–Kier alpha value is -3.23. The molecule has 2 aromatic rings. The number of benzene rings is 1. The highest BCUT2D eigenvalue weighted by Gasteiger charge is 2.25. The van der Waals surface area contributed by atoms with E-state index in [1.54, 1.807) is 12.1 Å². The number of aryl methyl sites for hydroxylation is 1. The molecule has 3 rings (SSSR count). The predicted molar refractivity (Wildman–Crippen MR) is 124 cm³/mol. The number of non-ortho nitro benzene ring substituents is 1. The monoisotopic (exact) mass is 440 g/mol. The Bertz CT molecular complexity index is 966. The largest absolute Gasteiger partial charge is 0.353 e. The van der Waals surface area contributed by atoms with Gasteiger partial charge in [0.25, 0.3) is 5.69 Å². The number of anilines is 1. The fraction of sp³-hybridized carbons (Fsp3) is 0.522. The van der Waals surface area contributed by atoms with Crippen molar-refractivity contribution in [2.24, 2.45) is 0 Å². The first-order valence-corrected chi connectivity index (χ1v) is 11.1. The highest BCUT2D eigenvalue weighted by atomic mass is 16.6. The molecule has 1 aromatic carbocycles. The van der Waals surface area contributed by atoms with Gasteiger partial charge in [0.2, 0.25) is 0 Å². The number of carbonyl (C=O) groups is 1. The molecule has 1 saturated heterocycles. The molecule has 2 amide bonds. The topological polar surface area (TPSA) is 104 Å². The summed E-state index contributed by atoms with van der Waals surface area (Å²) in [5.74, 6) is 1.88. The van der Waals surface area contributed by atoms with Crippen LogP contribution in [0, 0.1) is 17.0 Å². The Morgan fingerprint density at radius 2 is 1.72 bits per heavy atom. The Kier molecular flexibility index (Phi) is 7.27. The van der Waals surface area contributed by atoms with Crippen molar-refractivity contribution < 1.29 is 9.72 Å². The molecule has 0 spiro atoms. The summed E-state index contributed by atoms with van der Waals surface area (Å²) in [6.07, 6.45) is 0.589. The average Bonchev–Trinajstić information content (AvgIpc) is 2.75. The number of piperazine rings is 1. The van der Waals surface area contributed by atoms with Crippen LogP contribution in [-0.2, 0) is 6.42 Å². The molecule has 0 unspecified atom stereocenters. The first-order valence-electron chi connectivity index (χ1n) is 11.1. The Balaban J connectivity index is 1.85. The lowest BCUT2D eigenvalue weighted by Crippen LogP contribution is -2.53. The minimum absolute atomic E-state index is 0.0347. The summed E-state index contributed by atoms with van der Waals surface area (Å²) in [7, 11) is 0. The van der Waals surface area contributed by atoms with Crippen molar-refractivity contribution in [3.8, 4) is 0 Å². The van der Waals surface area contributed by atoms with Gasteiger partial charge in [-0.05, 0) is 26.3 Å². The highest BCUT2D eigenvalue weighted by Crippen LogP contribution is 2.27. The number of nitro groups is 1. The molecule has 1 aromatic heterocycles. The summed E-state index contributed by atoms with van der Waals surface area (Å²) in [5, 5.41) is 13.9. The van der Waals surface area contributed by atoms with Crippen molar-refractivity contribution >= 4 is 17.5 Å². The molecule has 0 saturated carbocycles. The van der Waals surface area contributed by atoms with Crippen molar-refractivity contribution in [1.29, 1.82) is 0 Å². The van der Waals surface area contributed by atoms with Crippen LogP contribution in [0.2, 0.25) is 0 Å². The van der Waals surface area contributed by atoms with Gasteiger partial charge < -0.3 is 15.1 Å². The third-order valence-corrected chi connectivity index (χ3v) is 5.53. The normalized spacial score (nSPS) is 14.2. The van der Waals surface area contributed by atoms with Crippen LogP contribution in [0.3, 0.4) is 0 Å². The summed E-state index contributed by atoms with van der Waals surface area (Å²) in [6.45, 7) is 12.7. The highest BCUT2D eigenvalue weighted by molar-refractivity contribution is 5.74. The number of aromatic nitrogens is 2. The minimum atomic E-state index is -0.393. The van der Waals surface area contributed by atoms with Crippen LogP contribution in [0.15, 0.2) is 24.3 Å². The standard InChI is InChI=1S/C23H32N6O3/c1-15(2)21-25-17(5)20(14-18-6-8-19(9-7-18)29(31)32)22(26-21)27-10-12-28(13-11-27)23(30)24-16(3)4/h6-9,15-16H,10-14H2,1-5H3,(H,24,30). The van der Waals surface area contributed by atoms with Crippen molar-refractivity contribution in [2.45, 2.75) is 53.0 Å². The minimum Gasteiger partial charge on any atom is -0.353 e. The molecular weight excluding hydrogens is 408 g/mol. The zero-order chi connectivity index (χ0) is 23.4. The first kappa shape index (κ1) is 23.4. The molecule has 0 radical (unpaired) electrons. The molecule has 172 valence electrons. The number of urea groups is 1. The smallest absolute Gasteiger partial charge is 0.317 e. The fourth-order valence-corrected chi connectivity index (χ4v) is 3.73. The molecular formula is C23H32N6O3. The number of nitrogens with one attached hydrogen (secondary N) is 1. The summed E-state index contributed by atoms with van der Waals surface area (Å²) in [5.41, 5.74) is 2.98. The van der Waals surface area contributed by atoms with Crippen molar-refractivity contribution in [3.05, 3.63) is 57.0 Å². The van der Waals surface area contributed by atoms with Gasteiger partial charge in [-0.3, -0.25) is 10.1 Å². The van der Waals surface area contributed by atoms with Gasteiger partial charge in [-0.2, -0.15) is 0 Å². The number of amides is 2. The Labute approximate surface area is 189 Å². The van der Waals surface area contributed by atoms with Gasteiger partial charge in [0, 0.05) is 67.9 Å². The second-order valence-electron chi connectivity index (χ2n) is 8.80. The molecule has 0 atom stereocenters. The molecule has 0 aliphatic carbocycles. The number of nitrogens with zero attached hydrogens (tertiary/aromatic N) is 5. The number of nitro benzene ring substituents is 1. The summed E-state index contributed by atoms with van der Waals surface area (Å²) in [4.78, 5) is 36.6. The zero-order valence-electron chi connectivity index (χ0n) is 19.5. The summed E-state index contributed by atoms with van der Waals surface area (Å²) >= 11 is 0. The molecule has 0 bridgehead atoms. The maximum Gasteiger partial charge on any atom is 0.317 e. The van der Waals surface area contributed by atoms with E-state index in [-0.39, 0.29) is 23.7 Å². The second kappa shape index (κ2) is 9.93. The van der Waals surface area contributed by atoms with E-state index in [0.29, 0.717) is 32.6 Å². The van der Waals surface area contributed by atoms with Crippen molar-refractivity contribution in [3.63, 3.8) is 0 Å². The molecule has 2 heterocycles. The number of hydrogen-bond donors (Lipinski definition) is 1. The van der Waals surface area contributed by atoms with Crippen molar-refractivity contribution in [2.75, 3.05) is 31.1 Å². The van der Waals surface area contributed by atoms with Crippen molar-refractivity contribution in [1.82, 2.24) is 20.2 Å². The van der Waals surface area contributed by atoms with E-state index >= 15 is 0 Å². The van der Waals surface area contributed by atoms with Gasteiger partial charge in [0.1, 0.15) is 11.6 Å². The van der Waals surface area contributed by atoms with Gasteiger partial charge in [-0.1, -0.05) is 26.0 Å². The van der Waals surface area contributed by atoms with Crippen LogP contribution in [0.25, 0.3) is 0 Å². The van der Waals surface area contributed by atoms with E-state index in [0.717, 1.165) is 28.5 Å². The average molecular weight is 441 g/mol. The van der Waals surface area contributed by atoms with Crippen LogP contribution in [0.5, 0.6) is 0 Å². The van der Waals surface area contributed by atoms with E-state index in [9.17, 15) is 14.9 Å². The van der Waals surface area contributed by atoms with Crippen LogP contribution >= 0.6 is 0 Å². The third kappa shape index (κ3) is 5.52. The quantitative estimate of drug-likeness (QED) is 0.543. The number of carbonyl (C=O) groups excluding carboxylic acids is 1. The van der Waals surface area contributed by atoms with Crippen LogP contribution in [0.1, 0.15) is 56.3 Å². The Morgan fingerprint density at radius 3 is 2.25 bits per heavy atom. The molecule has 9 nitrogen and oxygen atoms in total. The lowest BCUT2D eigenvalue weighted by molar-refractivity contribution is -0.384. The van der Waals surface area contributed by atoms with Crippen LogP contribution in [0.4, 0.5) is 16.3 Å². The molecule has 9 heteroatoms. The number of hydrogen-bond acceptors (Lipinski definition) is 6. The van der Waals surface area contributed by atoms with Gasteiger partial charge in [-0.15, -0.1) is 0 Å². The molecule has 1 aliphatic rings. The summed E-state index contributed by atoms with van der Waals surface area (Å²) in [6, 6.07) is 6.69. The van der Waals surface area contributed by atoms with E-state index in [1.165, 1.54) is 12.1 Å². The second-order valence-corrected chi connectivity index (χ2v) is 8.80. The first-order chi connectivity index (χ1) is 15.2. The molecule has 1 fully saturated rings. The van der Waals surface area contributed by atoms with Crippen LogP contribution < -0.4 is 10.2 Å². The zero-order valence-corrected chi connectivity index (χ0v) is 19.5.